The van der Waals surface area contributed by atoms with Gasteiger partial charge in [-0.15, -0.1) is 11.3 Å². The van der Waals surface area contributed by atoms with E-state index in [0.29, 0.717) is 24.9 Å². The minimum atomic E-state index is 0.185. The summed E-state index contributed by atoms with van der Waals surface area (Å²) in [6, 6.07) is 4.14. The summed E-state index contributed by atoms with van der Waals surface area (Å²) in [5, 5.41) is 5.01. The van der Waals surface area contributed by atoms with Crippen LogP contribution in [0.4, 0.5) is 0 Å². The van der Waals surface area contributed by atoms with Crippen molar-refractivity contribution in [1.82, 2.24) is 10.2 Å². The van der Waals surface area contributed by atoms with Crippen LogP contribution in [0.5, 0.6) is 0 Å². The Kier molecular flexibility index (Phi) is 3.66. The molecule has 0 bridgehead atoms. The fourth-order valence-corrected chi connectivity index (χ4v) is 3.70. The second-order valence-electron chi connectivity index (χ2n) is 5.40. The number of fused-ring (bicyclic) bond motifs is 1. The molecule has 2 aliphatic rings. The third-order valence-electron chi connectivity index (χ3n) is 4.07. The minimum Gasteiger partial charge on any atom is -0.353 e. The van der Waals surface area contributed by atoms with E-state index >= 15 is 0 Å². The summed E-state index contributed by atoms with van der Waals surface area (Å²) in [5.41, 5.74) is 0. The van der Waals surface area contributed by atoms with Crippen molar-refractivity contribution in [1.29, 1.82) is 0 Å². The van der Waals surface area contributed by atoms with Gasteiger partial charge in [0.2, 0.25) is 5.91 Å². The molecule has 2 fully saturated rings. The van der Waals surface area contributed by atoms with Crippen molar-refractivity contribution in [2.75, 3.05) is 19.6 Å². The molecule has 0 saturated carbocycles. The molecule has 0 radical (unpaired) electrons. The monoisotopic (exact) mass is 278 g/mol. The summed E-state index contributed by atoms with van der Waals surface area (Å²) in [4.78, 5) is 26.5. The number of likely N-dealkylation sites (tertiary alicyclic amines) is 1. The molecule has 4 nitrogen and oxygen atoms in total. The van der Waals surface area contributed by atoms with Gasteiger partial charge in [-0.1, -0.05) is 6.07 Å². The van der Waals surface area contributed by atoms with E-state index in [1.165, 1.54) is 11.3 Å². The molecule has 2 saturated heterocycles. The number of hydrogen-bond donors (Lipinski definition) is 1. The van der Waals surface area contributed by atoms with Crippen LogP contribution in [-0.4, -0.2) is 42.3 Å². The van der Waals surface area contributed by atoms with Crippen molar-refractivity contribution >= 4 is 23.0 Å². The van der Waals surface area contributed by atoms with Gasteiger partial charge >= 0.3 is 0 Å². The normalized spacial score (nSPS) is 27.7. The molecular weight excluding hydrogens is 260 g/mol. The van der Waals surface area contributed by atoms with Crippen molar-refractivity contribution < 1.29 is 9.59 Å². The fourth-order valence-electron chi connectivity index (χ4n) is 3.05. The zero-order valence-electron chi connectivity index (χ0n) is 10.8. The third-order valence-corrected chi connectivity index (χ3v) is 4.98. The first kappa shape index (κ1) is 12.8. The molecule has 2 unspecified atom stereocenters. The van der Waals surface area contributed by atoms with Crippen LogP contribution in [0, 0.1) is 5.92 Å². The Morgan fingerprint density at radius 1 is 1.47 bits per heavy atom. The summed E-state index contributed by atoms with van der Waals surface area (Å²) in [6.45, 7) is 2.35. The predicted molar refractivity (Wildman–Crippen MR) is 74.4 cm³/mol. The predicted octanol–water partition coefficient (Wildman–Crippen LogP) is 1.53. The Hall–Kier alpha value is -1.20. The molecule has 1 N–H and O–H groups in total. The first-order valence-electron chi connectivity index (χ1n) is 6.81. The number of nitrogens with zero attached hydrogens (tertiary/aromatic N) is 1. The maximum atomic E-state index is 12.1. The van der Waals surface area contributed by atoms with Crippen LogP contribution in [0.15, 0.2) is 17.5 Å². The Labute approximate surface area is 116 Å². The van der Waals surface area contributed by atoms with E-state index in [1.54, 1.807) is 0 Å². The van der Waals surface area contributed by atoms with Crippen molar-refractivity contribution in [2.24, 2.45) is 5.92 Å². The van der Waals surface area contributed by atoms with E-state index in [2.05, 4.69) is 10.2 Å². The largest absolute Gasteiger partial charge is 0.353 e. The summed E-state index contributed by atoms with van der Waals surface area (Å²) in [5.74, 6) is 0.917. The van der Waals surface area contributed by atoms with Gasteiger partial charge in [0.15, 0.2) is 5.78 Å². The second kappa shape index (κ2) is 5.43. The van der Waals surface area contributed by atoms with Crippen LogP contribution >= 0.6 is 11.3 Å². The van der Waals surface area contributed by atoms with Gasteiger partial charge in [0, 0.05) is 25.6 Å². The second-order valence-corrected chi connectivity index (χ2v) is 6.34. The number of ketones is 1. The summed E-state index contributed by atoms with van der Waals surface area (Å²) >= 11 is 1.51. The number of amides is 1. The lowest BCUT2D eigenvalue weighted by molar-refractivity contribution is -0.125. The Morgan fingerprint density at radius 3 is 3.16 bits per heavy atom. The van der Waals surface area contributed by atoms with Crippen molar-refractivity contribution in [3.63, 3.8) is 0 Å². The number of carbonyl (C=O) groups excluding carboxylic acids is 2. The van der Waals surface area contributed by atoms with Crippen molar-refractivity contribution in [3.05, 3.63) is 22.4 Å². The molecule has 2 atom stereocenters. The molecule has 0 aliphatic carbocycles. The highest BCUT2D eigenvalue weighted by atomic mass is 32.1. The molecule has 0 spiro atoms. The van der Waals surface area contributed by atoms with Gasteiger partial charge in [0.25, 0.3) is 0 Å². The van der Waals surface area contributed by atoms with Gasteiger partial charge in [0.1, 0.15) is 0 Å². The molecule has 19 heavy (non-hydrogen) atoms. The SMILES string of the molecule is O=C1CCC2CN(CC(=O)c3cccs3)CCC2N1. The van der Waals surface area contributed by atoms with Crippen LogP contribution in [-0.2, 0) is 4.79 Å². The van der Waals surface area contributed by atoms with Crippen LogP contribution < -0.4 is 5.32 Å². The van der Waals surface area contributed by atoms with E-state index in [-0.39, 0.29) is 11.7 Å². The molecule has 1 aromatic rings. The first-order valence-corrected chi connectivity index (χ1v) is 7.69. The Morgan fingerprint density at radius 2 is 2.37 bits per heavy atom. The number of rotatable bonds is 3. The van der Waals surface area contributed by atoms with E-state index < -0.39 is 0 Å². The highest BCUT2D eigenvalue weighted by molar-refractivity contribution is 7.12. The number of Topliss-reactive ketones (excluding diaryl/α,β-unsaturated/α-hetero) is 1. The first-order chi connectivity index (χ1) is 9.22. The lowest BCUT2D eigenvalue weighted by atomic mass is 9.85. The van der Waals surface area contributed by atoms with E-state index in [0.717, 1.165) is 30.8 Å². The van der Waals surface area contributed by atoms with Gasteiger partial charge < -0.3 is 5.32 Å². The number of carbonyl (C=O) groups is 2. The van der Waals surface area contributed by atoms with E-state index in [1.807, 2.05) is 17.5 Å². The maximum absolute atomic E-state index is 12.1. The molecule has 3 heterocycles. The zero-order valence-corrected chi connectivity index (χ0v) is 11.6. The fraction of sp³-hybridized carbons (Fsp3) is 0.571. The molecule has 1 amide bonds. The zero-order chi connectivity index (χ0) is 13.2. The van der Waals surface area contributed by atoms with Crippen molar-refractivity contribution in [3.8, 4) is 0 Å². The highest BCUT2D eigenvalue weighted by Gasteiger charge is 2.34. The number of piperidine rings is 2. The number of nitrogens with one attached hydrogen (secondary N) is 1. The molecule has 5 heteroatoms. The van der Waals surface area contributed by atoms with Gasteiger partial charge in [-0.2, -0.15) is 0 Å². The van der Waals surface area contributed by atoms with Crippen LogP contribution in [0.3, 0.4) is 0 Å². The van der Waals surface area contributed by atoms with E-state index in [4.69, 9.17) is 0 Å². The average Bonchev–Trinajstić information content (AvgIpc) is 2.93. The Balaban J connectivity index is 1.57. The minimum absolute atomic E-state index is 0.185. The third kappa shape index (κ3) is 2.87. The molecular formula is C14H18N2O2S. The molecule has 2 aliphatic heterocycles. The topological polar surface area (TPSA) is 49.4 Å². The van der Waals surface area contributed by atoms with Crippen LogP contribution in [0.1, 0.15) is 28.9 Å². The Bertz CT molecular complexity index is 472. The van der Waals surface area contributed by atoms with E-state index in [9.17, 15) is 9.59 Å². The molecule has 102 valence electrons. The number of hydrogen-bond acceptors (Lipinski definition) is 4. The van der Waals surface area contributed by atoms with Gasteiger partial charge in [-0.3, -0.25) is 14.5 Å². The molecule has 3 rings (SSSR count). The van der Waals surface area contributed by atoms with Gasteiger partial charge in [-0.05, 0) is 30.2 Å². The standard InChI is InChI=1S/C14H18N2O2S/c17-12(13-2-1-7-19-13)9-16-6-5-11-10(8-16)3-4-14(18)15-11/h1-2,7,10-11H,3-6,8-9H2,(H,15,18). The van der Waals surface area contributed by atoms with Gasteiger partial charge in [0.05, 0.1) is 11.4 Å². The molecule has 1 aromatic heterocycles. The highest BCUT2D eigenvalue weighted by Crippen LogP contribution is 2.25. The summed E-state index contributed by atoms with van der Waals surface area (Å²) in [6.07, 6.45) is 2.56. The lowest BCUT2D eigenvalue weighted by Crippen LogP contribution is -2.54. The smallest absolute Gasteiger partial charge is 0.220 e. The number of thiophene rings is 1. The summed E-state index contributed by atoms with van der Waals surface area (Å²) < 4.78 is 0. The quantitative estimate of drug-likeness (QED) is 0.853. The summed E-state index contributed by atoms with van der Waals surface area (Å²) in [7, 11) is 0. The molecule has 0 aromatic carbocycles. The van der Waals surface area contributed by atoms with Gasteiger partial charge in [-0.25, -0.2) is 0 Å². The maximum Gasteiger partial charge on any atom is 0.220 e. The lowest BCUT2D eigenvalue weighted by Gasteiger charge is -2.41. The van der Waals surface area contributed by atoms with Crippen LogP contribution in [0.2, 0.25) is 0 Å². The average molecular weight is 278 g/mol. The van der Waals surface area contributed by atoms with Crippen molar-refractivity contribution in [2.45, 2.75) is 25.3 Å². The van der Waals surface area contributed by atoms with Crippen LogP contribution in [0.25, 0.3) is 0 Å².